The fraction of sp³-hybridized carbons (Fsp3) is 0.600. The Morgan fingerprint density at radius 2 is 2.17 bits per heavy atom. The van der Waals surface area contributed by atoms with Crippen LogP contribution in [-0.4, -0.2) is 23.6 Å². The first-order valence-electron chi connectivity index (χ1n) is 5.69. The fourth-order valence-corrected chi connectivity index (χ4v) is 4.33. The van der Waals surface area contributed by atoms with E-state index in [-0.39, 0.29) is 4.99 Å². The lowest BCUT2D eigenvalue weighted by molar-refractivity contribution is 0.598. The van der Waals surface area contributed by atoms with Gasteiger partial charge in [-0.25, -0.2) is 13.4 Å². The van der Waals surface area contributed by atoms with Gasteiger partial charge in [-0.15, -0.1) is 11.3 Å². The summed E-state index contributed by atoms with van der Waals surface area (Å²) in [7, 11) is -3.58. The molecule has 1 aromatic heterocycles. The zero-order valence-electron chi connectivity index (χ0n) is 9.97. The molecular formula is C10H15N3O2S3. The predicted octanol–water partition coefficient (Wildman–Crippen LogP) is 1.44. The molecule has 0 radical (unpaired) electrons. The molecule has 2 rings (SSSR count). The molecule has 0 aliphatic heterocycles. The second-order valence-corrected chi connectivity index (χ2v) is 7.84. The summed E-state index contributed by atoms with van der Waals surface area (Å²) in [5, 5.41) is -0.474. The van der Waals surface area contributed by atoms with Crippen LogP contribution in [0.15, 0.2) is 0 Å². The average Bonchev–Trinajstić information content (AvgIpc) is 2.68. The summed E-state index contributed by atoms with van der Waals surface area (Å²) in [4.78, 5) is 5.47. The van der Waals surface area contributed by atoms with E-state index in [0.717, 1.165) is 31.4 Å². The lowest BCUT2D eigenvalue weighted by atomic mass is 10.0. The van der Waals surface area contributed by atoms with Gasteiger partial charge < -0.3 is 5.73 Å². The monoisotopic (exact) mass is 305 g/mol. The van der Waals surface area contributed by atoms with Crippen LogP contribution in [0.3, 0.4) is 0 Å². The van der Waals surface area contributed by atoms with Crippen molar-refractivity contribution in [1.29, 1.82) is 0 Å². The maximum atomic E-state index is 11.9. The Bertz CT molecular complexity index is 541. The van der Waals surface area contributed by atoms with Gasteiger partial charge in [-0.05, 0) is 32.6 Å². The Morgan fingerprint density at radius 1 is 1.50 bits per heavy atom. The van der Waals surface area contributed by atoms with Gasteiger partial charge in [0.2, 0.25) is 10.0 Å². The summed E-state index contributed by atoms with van der Waals surface area (Å²) in [6, 6.07) is 0. The van der Waals surface area contributed by atoms with Crippen molar-refractivity contribution >= 4 is 43.7 Å². The second kappa shape index (κ2) is 5.10. The highest BCUT2D eigenvalue weighted by atomic mass is 32.2. The lowest BCUT2D eigenvalue weighted by Crippen LogP contribution is -2.35. The van der Waals surface area contributed by atoms with Crippen molar-refractivity contribution in [2.75, 3.05) is 4.72 Å². The molecule has 0 spiro atoms. The summed E-state index contributed by atoms with van der Waals surface area (Å²) >= 11 is 6.12. The van der Waals surface area contributed by atoms with Crippen LogP contribution in [0.25, 0.3) is 0 Å². The molecule has 0 saturated carbocycles. The average molecular weight is 305 g/mol. The molecule has 0 amide bonds. The zero-order valence-corrected chi connectivity index (χ0v) is 12.4. The lowest BCUT2D eigenvalue weighted by Gasteiger charge is -2.11. The maximum Gasteiger partial charge on any atom is 0.243 e. The van der Waals surface area contributed by atoms with E-state index in [9.17, 15) is 8.42 Å². The van der Waals surface area contributed by atoms with Gasteiger partial charge in [-0.2, -0.15) is 0 Å². The largest absolute Gasteiger partial charge is 0.392 e. The normalized spacial score (nSPS) is 16.9. The number of thiazole rings is 1. The van der Waals surface area contributed by atoms with Crippen LogP contribution < -0.4 is 10.5 Å². The molecule has 3 N–H and O–H groups in total. The van der Waals surface area contributed by atoms with E-state index in [0.29, 0.717) is 5.13 Å². The van der Waals surface area contributed by atoms with Crippen LogP contribution in [0.5, 0.6) is 0 Å². The first kappa shape index (κ1) is 13.7. The van der Waals surface area contributed by atoms with Crippen LogP contribution in [0.4, 0.5) is 5.13 Å². The van der Waals surface area contributed by atoms with Gasteiger partial charge in [0.1, 0.15) is 5.25 Å². The number of fused-ring (bicyclic) bond motifs is 1. The van der Waals surface area contributed by atoms with Gasteiger partial charge in [0, 0.05) is 4.88 Å². The molecular weight excluding hydrogens is 290 g/mol. The first-order chi connectivity index (χ1) is 8.40. The topological polar surface area (TPSA) is 85.1 Å². The van der Waals surface area contributed by atoms with Crippen molar-refractivity contribution in [2.45, 2.75) is 37.9 Å². The van der Waals surface area contributed by atoms with E-state index in [1.54, 1.807) is 0 Å². The summed E-state index contributed by atoms with van der Waals surface area (Å²) in [6.45, 7) is 1.47. The molecule has 1 aromatic rings. The Labute approximate surface area is 116 Å². The third-order valence-electron chi connectivity index (χ3n) is 2.94. The molecule has 0 fully saturated rings. The summed E-state index contributed by atoms with van der Waals surface area (Å²) < 4.78 is 26.4. The molecule has 1 unspecified atom stereocenters. The number of aryl methyl sites for hydroxylation is 2. The number of nitrogens with zero attached hydrogens (tertiary/aromatic N) is 1. The van der Waals surface area contributed by atoms with Crippen LogP contribution in [0.1, 0.15) is 30.3 Å². The molecule has 5 nitrogen and oxygen atoms in total. The number of sulfonamides is 1. The quantitative estimate of drug-likeness (QED) is 0.822. The minimum atomic E-state index is -3.58. The second-order valence-electron chi connectivity index (χ2n) is 4.29. The van der Waals surface area contributed by atoms with Gasteiger partial charge in [-0.3, -0.25) is 4.72 Å². The van der Waals surface area contributed by atoms with Crippen molar-refractivity contribution < 1.29 is 8.42 Å². The van der Waals surface area contributed by atoms with Crippen molar-refractivity contribution in [3.63, 3.8) is 0 Å². The third kappa shape index (κ3) is 2.81. The van der Waals surface area contributed by atoms with Crippen molar-refractivity contribution in [3.8, 4) is 0 Å². The van der Waals surface area contributed by atoms with Crippen LogP contribution in [0.2, 0.25) is 0 Å². The number of aromatic nitrogens is 1. The molecule has 0 saturated heterocycles. The van der Waals surface area contributed by atoms with E-state index in [2.05, 4.69) is 9.71 Å². The highest BCUT2D eigenvalue weighted by Gasteiger charge is 2.25. The van der Waals surface area contributed by atoms with Gasteiger partial charge in [-0.1, -0.05) is 12.2 Å². The molecule has 8 heteroatoms. The smallest absolute Gasteiger partial charge is 0.243 e. The molecule has 0 bridgehead atoms. The molecule has 1 aliphatic rings. The Kier molecular flexibility index (Phi) is 3.88. The number of hydrogen-bond acceptors (Lipinski definition) is 5. The molecule has 1 aliphatic carbocycles. The number of anilines is 1. The van der Waals surface area contributed by atoms with Gasteiger partial charge in [0.25, 0.3) is 0 Å². The molecule has 1 heterocycles. The Hall–Kier alpha value is -0.730. The van der Waals surface area contributed by atoms with E-state index in [1.165, 1.54) is 23.1 Å². The van der Waals surface area contributed by atoms with Gasteiger partial charge in [0.15, 0.2) is 5.13 Å². The van der Waals surface area contributed by atoms with E-state index in [4.69, 9.17) is 18.0 Å². The molecule has 100 valence electrons. The van der Waals surface area contributed by atoms with Gasteiger partial charge >= 0.3 is 0 Å². The number of nitrogens with two attached hydrogens (primary N) is 1. The minimum Gasteiger partial charge on any atom is -0.392 e. The molecule has 0 aromatic carbocycles. The van der Waals surface area contributed by atoms with E-state index < -0.39 is 15.3 Å². The standard InChI is InChI=1S/C10H15N3O2S3/c1-6(9(11)16)18(14,15)13-10-12-7-4-2-3-5-8(7)17-10/h6H,2-5H2,1H3,(H2,11,16)(H,12,13). The fourth-order valence-electron chi connectivity index (χ4n) is 1.76. The zero-order chi connectivity index (χ0) is 13.3. The van der Waals surface area contributed by atoms with Gasteiger partial charge in [0.05, 0.1) is 10.7 Å². The first-order valence-corrected chi connectivity index (χ1v) is 8.47. The van der Waals surface area contributed by atoms with E-state index >= 15 is 0 Å². The van der Waals surface area contributed by atoms with E-state index in [1.807, 2.05) is 0 Å². The number of nitrogens with one attached hydrogen (secondary N) is 1. The number of hydrogen-bond donors (Lipinski definition) is 2. The third-order valence-corrected chi connectivity index (χ3v) is 6.31. The Morgan fingerprint density at radius 3 is 2.78 bits per heavy atom. The van der Waals surface area contributed by atoms with Crippen molar-refractivity contribution in [3.05, 3.63) is 10.6 Å². The summed E-state index contributed by atoms with van der Waals surface area (Å²) in [6.07, 6.45) is 4.18. The highest BCUT2D eigenvalue weighted by Crippen LogP contribution is 2.30. The predicted molar refractivity (Wildman–Crippen MR) is 77.5 cm³/mol. The van der Waals surface area contributed by atoms with Crippen LogP contribution in [0, 0.1) is 0 Å². The van der Waals surface area contributed by atoms with Crippen molar-refractivity contribution in [1.82, 2.24) is 4.98 Å². The van der Waals surface area contributed by atoms with Crippen LogP contribution in [-0.2, 0) is 22.9 Å². The number of thiocarbonyl (C=S) groups is 1. The minimum absolute atomic E-state index is 0.0381. The molecule has 1 atom stereocenters. The van der Waals surface area contributed by atoms with Crippen molar-refractivity contribution in [2.24, 2.45) is 5.73 Å². The van der Waals surface area contributed by atoms with Crippen LogP contribution >= 0.6 is 23.6 Å². The maximum absolute atomic E-state index is 11.9. The summed E-state index contributed by atoms with van der Waals surface area (Å²) in [5.74, 6) is 0. The SMILES string of the molecule is CC(C(N)=S)S(=O)(=O)Nc1nc2c(s1)CCCC2. The molecule has 18 heavy (non-hydrogen) atoms. The number of rotatable bonds is 4. The highest BCUT2D eigenvalue weighted by molar-refractivity contribution is 7.95. The Balaban J connectivity index is 2.19. The summed E-state index contributed by atoms with van der Waals surface area (Å²) in [5.41, 5.74) is 6.39.